The van der Waals surface area contributed by atoms with E-state index in [1.807, 2.05) is 0 Å². The van der Waals surface area contributed by atoms with Crippen LogP contribution in [-0.4, -0.2) is 34.7 Å². The molecule has 3 amide bonds. The molecule has 0 aliphatic rings. The fraction of sp³-hybridized carbons (Fsp3) is 0.250. The van der Waals surface area contributed by atoms with E-state index in [1.165, 1.54) is 36.3 Å². The molecule has 0 aliphatic heterocycles. The first-order valence-corrected chi connectivity index (χ1v) is 11.3. The fourth-order valence-electron chi connectivity index (χ4n) is 3.43. The Labute approximate surface area is 206 Å². The molecule has 184 valence electrons. The summed E-state index contributed by atoms with van der Waals surface area (Å²) in [5, 5.41) is 2.88. The van der Waals surface area contributed by atoms with Crippen LogP contribution in [0.2, 0.25) is 0 Å². The van der Waals surface area contributed by atoms with Gasteiger partial charge in [0.15, 0.2) is 5.69 Å². The number of nitrogens with one attached hydrogen (secondary N) is 1. The Kier molecular flexibility index (Phi) is 7.39. The van der Waals surface area contributed by atoms with Gasteiger partial charge in [-0.25, -0.2) is 4.39 Å². The van der Waals surface area contributed by atoms with Crippen molar-refractivity contribution in [1.29, 1.82) is 0 Å². The Hall–Kier alpha value is -3.99. The van der Waals surface area contributed by atoms with Gasteiger partial charge in [-0.05, 0) is 62.1 Å². The van der Waals surface area contributed by atoms with Gasteiger partial charge in [-0.2, -0.15) is 4.37 Å². The molecule has 0 saturated carbocycles. The minimum atomic E-state index is -1.25. The normalized spacial score (nSPS) is 12.0. The highest BCUT2D eigenvalue weighted by Gasteiger charge is 2.38. The lowest BCUT2D eigenvalue weighted by Gasteiger charge is -2.34. The summed E-state index contributed by atoms with van der Waals surface area (Å²) in [5.41, 5.74) is 10.9. The van der Waals surface area contributed by atoms with Crippen LogP contribution in [0.1, 0.15) is 52.5 Å². The zero-order valence-electron chi connectivity index (χ0n) is 19.7. The monoisotopic (exact) mass is 499 g/mol. The molecule has 0 spiro atoms. The van der Waals surface area contributed by atoms with Crippen molar-refractivity contribution in [2.45, 2.75) is 32.4 Å². The Morgan fingerprint density at radius 2 is 1.74 bits per heavy atom. The second-order valence-electron chi connectivity index (χ2n) is 8.68. The first-order valence-electron chi connectivity index (χ1n) is 10.5. The number of methoxy groups -OCH3 is 1. The van der Waals surface area contributed by atoms with Crippen LogP contribution in [0.25, 0.3) is 0 Å². The third-order valence-corrected chi connectivity index (χ3v) is 5.76. The number of carbonyl (C=O) groups excluding carboxylic acids is 3. The van der Waals surface area contributed by atoms with E-state index >= 15 is 0 Å². The molecule has 3 rings (SSSR count). The summed E-state index contributed by atoms with van der Waals surface area (Å²) in [6.07, 6.45) is 0. The molecule has 9 nitrogen and oxygen atoms in total. The Bertz CT molecular complexity index is 1250. The van der Waals surface area contributed by atoms with E-state index in [0.29, 0.717) is 22.8 Å². The highest BCUT2D eigenvalue weighted by molar-refractivity contribution is 7.09. The molecular weight excluding hydrogens is 473 g/mol. The van der Waals surface area contributed by atoms with E-state index in [9.17, 15) is 18.8 Å². The van der Waals surface area contributed by atoms with Gasteiger partial charge < -0.3 is 21.5 Å². The van der Waals surface area contributed by atoms with Crippen LogP contribution in [0.5, 0.6) is 5.75 Å². The Morgan fingerprint density at radius 3 is 2.29 bits per heavy atom. The lowest BCUT2D eigenvalue weighted by molar-refractivity contribution is -0.123. The van der Waals surface area contributed by atoms with E-state index in [4.69, 9.17) is 16.2 Å². The van der Waals surface area contributed by atoms with E-state index in [1.54, 1.807) is 45.0 Å². The number of halogens is 1. The van der Waals surface area contributed by atoms with Crippen LogP contribution < -0.4 is 26.4 Å². The van der Waals surface area contributed by atoms with Crippen LogP contribution in [0.3, 0.4) is 0 Å². The van der Waals surface area contributed by atoms with Crippen LogP contribution in [0.15, 0.2) is 48.5 Å². The van der Waals surface area contributed by atoms with Gasteiger partial charge in [0.25, 0.3) is 11.8 Å². The predicted octanol–water partition coefficient (Wildman–Crippen LogP) is 3.27. The first-order chi connectivity index (χ1) is 16.4. The number of benzene rings is 2. The molecule has 35 heavy (non-hydrogen) atoms. The second-order valence-corrected chi connectivity index (χ2v) is 9.45. The number of aromatic nitrogens is 1. The minimum absolute atomic E-state index is 0.0830. The molecule has 1 atom stereocenters. The summed E-state index contributed by atoms with van der Waals surface area (Å²) in [4.78, 5) is 40.4. The van der Waals surface area contributed by atoms with E-state index < -0.39 is 35.1 Å². The summed E-state index contributed by atoms with van der Waals surface area (Å²) in [6.45, 7) is 5.38. The molecule has 5 N–H and O–H groups in total. The number of amides is 3. The SMILES string of the molecule is COc1ccccc1N(C(=O)c1snc(C(N)=O)c1N)C(C(=O)NC(C)(C)C)c1ccc(F)cc1. The number of hydrogen-bond acceptors (Lipinski definition) is 7. The van der Waals surface area contributed by atoms with Crippen molar-refractivity contribution in [2.24, 2.45) is 5.73 Å². The third kappa shape index (κ3) is 5.57. The van der Waals surface area contributed by atoms with Gasteiger partial charge in [-0.1, -0.05) is 24.3 Å². The van der Waals surface area contributed by atoms with E-state index in [0.717, 1.165) is 0 Å². The van der Waals surface area contributed by atoms with Crippen molar-refractivity contribution < 1.29 is 23.5 Å². The summed E-state index contributed by atoms with van der Waals surface area (Å²) in [7, 11) is 1.43. The second kappa shape index (κ2) is 10.1. The third-order valence-electron chi connectivity index (χ3n) is 4.91. The smallest absolute Gasteiger partial charge is 0.273 e. The number of para-hydroxylation sites is 2. The molecule has 0 aliphatic carbocycles. The summed E-state index contributed by atoms with van der Waals surface area (Å²) < 4.78 is 23.1. The highest BCUT2D eigenvalue weighted by Crippen LogP contribution is 2.38. The van der Waals surface area contributed by atoms with Crippen molar-refractivity contribution >= 4 is 40.6 Å². The molecule has 0 radical (unpaired) electrons. The first kappa shape index (κ1) is 25.6. The average Bonchev–Trinajstić information content (AvgIpc) is 3.18. The number of anilines is 2. The number of nitrogens with zero attached hydrogens (tertiary/aromatic N) is 2. The molecule has 1 aromatic heterocycles. The van der Waals surface area contributed by atoms with Gasteiger partial charge in [-0.3, -0.25) is 19.3 Å². The number of nitrogen functional groups attached to an aromatic ring is 1. The van der Waals surface area contributed by atoms with Gasteiger partial charge in [0.2, 0.25) is 5.91 Å². The molecular formula is C24H26FN5O4S. The molecule has 0 fully saturated rings. The zero-order valence-corrected chi connectivity index (χ0v) is 20.5. The molecule has 1 unspecified atom stereocenters. The van der Waals surface area contributed by atoms with Gasteiger partial charge in [0.05, 0.1) is 18.5 Å². The maximum atomic E-state index is 14.0. The number of primary amides is 1. The Balaban J connectivity index is 2.28. The molecule has 1 heterocycles. The maximum Gasteiger partial charge on any atom is 0.273 e. The number of ether oxygens (including phenoxy) is 1. The minimum Gasteiger partial charge on any atom is -0.495 e. The topological polar surface area (TPSA) is 141 Å². The quantitative estimate of drug-likeness (QED) is 0.456. The van der Waals surface area contributed by atoms with Crippen molar-refractivity contribution in [1.82, 2.24) is 9.69 Å². The molecule has 0 bridgehead atoms. The van der Waals surface area contributed by atoms with E-state index in [2.05, 4.69) is 9.69 Å². The van der Waals surface area contributed by atoms with Gasteiger partial charge in [0.1, 0.15) is 22.5 Å². The van der Waals surface area contributed by atoms with Crippen LogP contribution in [-0.2, 0) is 4.79 Å². The molecule has 3 aromatic rings. The fourth-order valence-corrected chi connectivity index (χ4v) is 4.18. The highest BCUT2D eigenvalue weighted by atomic mass is 32.1. The van der Waals surface area contributed by atoms with Gasteiger partial charge in [0, 0.05) is 5.54 Å². The summed E-state index contributed by atoms with van der Waals surface area (Å²) >= 11 is 0.689. The largest absolute Gasteiger partial charge is 0.495 e. The van der Waals surface area contributed by atoms with Crippen LogP contribution in [0, 0.1) is 5.82 Å². The lowest BCUT2D eigenvalue weighted by atomic mass is 10.00. The van der Waals surface area contributed by atoms with Gasteiger partial charge >= 0.3 is 0 Å². The van der Waals surface area contributed by atoms with Crippen molar-refractivity contribution in [2.75, 3.05) is 17.7 Å². The van der Waals surface area contributed by atoms with Crippen molar-refractivity contribution in [3.63, 3.8) is 0 Å². The summed E-state index contributed by atoms with van der Waals surface area (Å²) in [5.74, 6) is -2.33. The predicted molar refractivity (Wildman–Crippen MR) is 132 cm³/mol. The Morgan fingerprint density at radius 1 is 1.11 bits per heavy atom. The average molecular weight is 500 g/mol. The number of nitrogens with two attached hydrogens (primary N) is 2. The van der Waals surface area contributed by atoms with Crippen molar-refractivity contribution in [3.8, 4) is 5.75 Å². The number of rotatable bonds is 7. The van der Waals surface area contributed by atoms with Crippen LogP contribution in [0.4, 0.5) is 15.8 Å². The van der Waals surface area contributed by atoms with Gasteiger partial charge in [-0.15, -0.1) is 0 Å². The summed E-state index contributed by atoms with van der Waals surface area (Å²) in [6, 6.07) is 10.6. The molecule has 11 heteroatoms. The maximum absolute atomic E-state index is 14.0. The molecule has 0 saturated heterocycles. The number of hydrogen-bond donors (Lipinski definition) is 3. The standard InChI is InChI=1S/C24H26FN5O4S/c1-24(2,3)28-22(32)19(13-9-11-14(25)12-10-13)30(15-7-5-6-8-16(15)34-4)23(33)20-17(26)18(21(27)31)29-35-20/h5-12,19H,26H2,1-4H3,(H2,27,31)(H,28,32). The number of carbonyl (C=O) groups is 3. The lowest BCUT2D eigenvalue weighted by Crippen LogP contribution is -2.49. The van der Waals surface area contributed by atoms with E-state index in [-0.39, 0.29) is 21.9 Å². The van der Waals surface area contributed by atoms with Crippen LogP contribution >= 0.6 is 11.5 Å². The van der Waals surface area contributed by atoms with Crippen molar-refractivity contribution in [3.05, 3.63) is 70.5 Å². The molecule has 2 aromatic carbocycles. The zero-order chi connectivity index (χ0) is 25.9.